The van der Waals surface area contributed by atoms with Crippen LogP contribution >= 0.6 is 0 Å². The number of esters is 1. The van der Waals surface area contributed by atoms with Gasteiger partial charge in [0.1, 0.15) is 6.61 Å². The molecule has 2 rings (SSSR count). The van der Waals surface area contributed by atoms with Gasteiger partial charge in [-0.25, -0.2) is 0 Å². The van der Waals surface area contributed by atoms with Crippen molar-refractivity contribution in [2.75, 3.05) is 31.7 Å². The van der Waals surface area contributed by atoms with E-state index in [-0.39, 0.29) is 11.9 Å². The highest BCUT2D eigenvalue weighted by Crippen LogP contribution is 2.24. The average Bonchev–Trinajstić information content (AvgIpc) is 2.50. The molecule has 4 nitrogen and oxygen atoms in total. The van der Waals surface area contributed by atoms with E-state index in [1.165, 1.54) is 5.56 Å². The molecule has 0 aromatic heterocycles. The van der Waals surface area contributed by atoms with Crippen LogP contribution in [0.5, 0.6) is 0 Å². The fourth-order valence-corrected chi connectivity index (χ4v) is 2.28. The summed E-state index contributed by atoms with van der Waals surface area (Å²) in [4.78, 5) is 12.0. The summed E-state index contributed by atoms with van der Waals surface area (Å²) in [7, 11) is 0. The first-order chi connectivity index (χ1) is 9.81. The van der Waals surface area contributed by atoms with Gasteiger partial charge in [0.05, 0.1) is 12.5 Å². The lowest BCUT2D eigenvalue weighted by molar-refractivity contribution is -0.149. The number of benzene rings is 1. The maximum atomic E-state index is 12.0. The quantitative estimate of drug-likeness (QED) is 0.615. The zero-order valence-corrected chi connectivity index (χ0v) is 12.1. The Hall–Kier alpha value is -1.55. The molecule has 0 saturated carbocycles. The molecule has 1 aliphatic heterocycles. The second kappa shape index (κ2) is 7.90. The van der Waals surface area contributed by atoms with E-state index in [0.29, 0.717) is 19.8 Å². The van der Waals surface area contributed by atoms with Crippen molar-refractivity contribution in [2.45, 2.75) is 26.2 Å². The number of nitrogens with one attached hydrogen (secondary N) is 1. The number of ether oxygens (including phenoxy) is 2. The maximum absolute atomic E-state index is 12.0. The van der Waals surface area contributed by atoms with E-state index in [1.54, 1.807) is 0 Å². The first kappa shape index (κ1) is 14.9. The highest BCUT2D eigenvalue weighted by atomic mass is 16.6. The summed E-state index contributed by atoms with van der Waals surface area (Å²) in [6.07, 6.45) is 2.92. The van der Waals surface area contributed by atoms with Gasteiger partial charge in [0.15, 0.2) is 0 Å². The first-order valence-corrected chi connectivity index (χ1v) is 7.37. The molecule has 1 N–H and O–H groups in total. The van der Waals surface area contributed by atoms with Gasteiger partial charge >= 0.3 is 5.97 Å². The summed E-state index contributed by atoms with van der Waals surface area (Å²) in [5.41, 5.74) is 2.30. The largest absolute Gasteiger partial charge is 0.463 e. The monoisotopic (exact) mass is 277 g/mol. The van der Waals surface area contributed by atoms with Crippen LogP contribution in [-0.2, 0) is 20.7 Å². The van der Waals surface area contributed by atoms with E-state index >= 15 is 0 Å². The maximum Gasteiger partial charge on any atom is 0.311 e. The Morgan fingerprint density at radius 3 is 3.00 bits per heavy atom. The number of carbonyl (C=O) groups is 1. The van der Waals surface area contributed by atoms with Crippen LogP contribution in [0.3, 0.4) is 0 Å². The smallest absolute Gasteiger partial charge is 0.311 e. The molecule has 1 aromatic rings. The van der Waals surface area contributed by atoms with Crippen molar-refractivity contribution < 1.29 is 14.3 Å². The number of anilines is 1. The van der Waals surface area contributed by atoms with Gasteiger partial charge in [-0.05, 0) is 24.5 Å². The summed E-state index contributed by atoms with van der Waals surface area (Å²) >= 11 is 0. The number of hydrogen-bond acceptors (Lipinski definition) is 4. The van der Waals surface area contributed by atoms with E-state index in [4.69, 9.17) is 9.47 Å². The van der Waals surface area contributed by atoms with Crippen LogP contribution < -0.4 is 5.32 Å². The van der Waals surface area contributed by atoms with E-state index in [9.17, 15) is 4.79 Å². The van der Waals surface area contributed by atoms with Gasteiger partial charge in [0.25, 0.3) is 0 Å². The van der Waals surface area contributed by atoms with Crippen LogP contribution in [0.15, 0.2) is 24.3 Å². The van der Waals surface area contributed by atoms with E-state index < -0.39 is 0 Å². The molecule has 0 amide bonds. The molecule has 1 heterocycles. The van der Waals surface area contributed by atoms with Crippen molar-refractivity contribution in [3.05, 3.63) is 29.8 Å². The van der Waals surface area contributed by atoms with Gasteiger partial charge in [-0.15, -0.1) is 0 Å². The van der Waals surface area contributed by atoms with Crippen molar-refractivity contribution in [1.82, 2.24) is 0 Å². The topological polar surface area (TPSA) is 47.6 Å². The van der Waals surface area contributed by atoms with Crippen molar-refractivity contribution in [3.63, 3.8) is 0 Å². The van der Waals surface area contributed by atoms with Crippen molar-refractivity contribution >= 4 is 11.7 Å². The zero-order chi connectivity index (χ0) is 14.2. The molecule has 110 valence electrons. The molecule has 0 aliphatic carbocycles. The predicted octanol–water partition coefficient (Wildman–Crippen LogP) is 2.63. The van der Waals surface area contributed by atoms with Crippen LogP contribution in [-0.4, -0.2) is 32.3 Å². The molecule has 0 radical (unpaired) electrons. The first-order valence-electron chi connectivity index (χ1n) is 7.37. The van der Waals surface area contributed by atoms with Crippen molar-refractivity contribution in [1.29, 1.82) is 0 Å². The van der Waals surface area contributed by atoms with Crippen molar-refractivity contribution in [2.24, 2.45) is 5.92 Å². The number of unbranched alkanes of at least 4 members (excludes halogenated alkanes) is 1. The van der Waals surface area contributed by atoms with Crippen LogP contribution in [0.25, 0.3) is 0 Å². The number of rotatable bonds is 7. The highest BCUT2D eigenvalue weighted by molar-refractivity contribution is 5.75. The molecule has 1 aliphatic rings. The minimum atomic E-state index is -0.133. The van der Waals surface area contributed by atoms with Gasteiger partial charge in [0, 0.05) is 18.8 Å². The van der Waals surface area contributed by atoms with Gasteiger partial charge < -0.3 is 14.8 Å². The lowest BCUT2D eigenvalue weighted by Crippen LogP contribution is -2.31. The second-order valence-corrected chi connectivity index (χ2v) is 5.07. The standard InChI is InChI=1S/C16H23NO3/c1-2-3-8-19-9-10-20-16(18)14-11-13-6-4-5-7-15(13)17-12-14/h4-7,14,17H,2-3,8-12H2,1H3. The molecule has 0 fully saturated rings. The molecule has 0 bridgehead atoms. The van der Waals surface area contributed by atoms with Crippen LogP contribution in [0.2, 0.25) is 0 Å². The molecule has 0 spiro atoms. The van der Waals surface area contributed by atoms with Crippen LogP contribution in [0.1, 0.15) is 25.3 Å². The Bertz CT molecular complexity index is 433. The lowest BCUT2D eigenvalue weighted by Gasteiger charge is -2.24. The summed E-state index contributed by atoms with van der Waals surface area (Å²) in [5, 5.41) is 3.28. The molecule has 1 aromatic carbocycles. The summed E-state index contributed by atoms with van der Waals surface area (Å²) < 4.78 is 10.6. The number of fused-ring (bicyclic) bond motifs is 1. The molecule has 20 heavy (non-hydrogen) atoms. The third kappa shape index (κ3) is 4.23. The van der Waals surface area contributed by atoms with Gasteiger partial charge in [-0.3, -0.25) is 4.79 Å². The number of carbonyl (C=O) groups excluding carboxylic acids is 1. The molecular weight excluding hydrogens is 254 g/mol. The Balaban J connectivity index is 1.69. The SMILES string of the molecule is CCCCOCCOC(=O)C1CNc2ccccc2C1. The van der Waals surface area contributed by atoms with Crippen LogP contribution in [0, 0.1) is 5.92 Å². The molecule has 1 atom stereocenters. The second-order valence-electron chi connectivity index (χ2n) is 5.07. The average molecular weight is 277 g/mol. The third-order valence-corrected chi connectivity index (χ3v) is 3.47. The summed E-state index contributed by atoms with van der Waals surface area (Å²) in [6.45, 7) is 4.35. The third-order valence-electron chi connectivity index (χ3n) is 3.47. The highest BCUT2D eigenvalue weighted by Gasteiger charge is 2.25. The van der Waals surface area contributed by atoms with E-state index in [1.807, 2.05) is 18.2 Å². The zero-order valence-electron chi connectivity index (χ0n) is 12.1. The number of para-hydroxylation sites is 1. The van der Waals surface area contributed by atoms with Gasteiger partial charge in [0.2, 0.25) is 0 Å². The van der Waals surface area contributed by atoms with Gasteiger partial charge in [-0.1, -0.05) is 31.5 Å². The Kier molecular flexibility index (Phi) is 5.87. The minimum absolute atomic E-state index is 0.0967. The summed E-state index contributed by atoms with van der Waals surface area (Å²) in [6, 6.07) is 8.09. The number of hydrogen-bond donors (Lipinski definition) is 1. The molecule has 0 saturated heterocycles. The Labute approximate surface area is 120 Å². The molecule has 4 heteroatoms. The van der Waals surface area contributed by atoms with E-state index in [0.717, 1.165) is 31.6 Å². The molecular formula is C16H23NO3. The fourth-order valence-electron chi connectivity index (χ4n) is 2.28. The molecule has 1 unspecified atom stereocenters. The summed E-state index contributed by atoms with van der Waals surface area (Å²) in [5.74, 6) is -0.230. The van der Waals surface area contributed by atoms with Crippen molar-refractivity contribution in [3.8, 4) is 0 Å². The predicted molar refractivity (Wildman–Crippen MR) is 78.8 cm³/mol. The van der Waals surface area contributed by atoms with Gasteiger partial charge in [-0.2, -0.15) is 0 Å². The Morgan fingerprint density at radius 1 is 1.30 bits per heavy atom. The van der Waals surface area contributed by atoms with Crippen LogP contribution in [0.4, 0.5) is 5.69 Å². The fraction of sp³-hybridized carbons (Fsp3) is 0.562. The normalized spacial score (nSPS) is 17.1. The Morgan fingerprint density at radius 2 is 2.15 bits per heavy atom. The minimum Gasteiger partial charge on any atom is -0.463 e. The lowest BCUT2D eigenvalue weighted by atomic mass is 9.94. The van der Waals surface area contributed by atoms with E-state index in [2.05, 4.69) is 18.3 Å².